The lowest BCUT2D eigenvalue weighted by atomic mass is 10.1. The number of methoxy groups -OCH3 is 1. The Morgan fingerprint density at radius 2 is 2.17 bits per heavy atom. The molecule has 0 aromatic heterocycles. The molecule has 0 spiro atoms. The zero-order chi connectivity index (χ0) is 8.97. The molecule has 12 heavy (non-hydrogen) atoms. The summed E-state index contributed by atoms with van der Waals surface area (Å²) in [5.74, 6) is 0. The van der Waals surface area contributed by atoms with E-state index < -0.39 is 6.09 Å². The minimum absolute atomic E-state index is 0.588. The number of ether oxygens (including phenoxy) is 1. The van der Waals surface area contributed by atoms with Crippen LogP contribution in [0.25, 0.3) is 0 Å². The Kier molecular flexibility index (Phi) is 2.96. The van der Waals surface area contributed by atoms with Crippen LogP contribution in [0, 0.1) is 0 Å². The molecule has 68 valence electrons. The third-order valence-electron chi connectivity index (χ3n) is 1.96. The van der Waals surface area contributed by atoms with Gasteiger partial charge in [0, 0.05) is 13.1 Å². The second kappa shape index (κ2) is 3.99. The van der Waals surface area contributed by atoms with Crippen molar-refractivity contribution < 1.29 is 14.6 Å². The number of rotatable bonds is 1. The van der Waals surface area contributed by atoms with Crippen LogP contribution in [0.1, 0.15) is 12.8 Å². The van der Waals surface area contributed by atoms with Gasteiger partial charge < -0.3 is 14.7 Å². The summed E-state index contributed by atoms with van der Waals surface area (Å²) in [6.07, 6.45) is 2.46. The quantitative estimate of drug-likeness (QED) is 0.605. The Morgan fingerprint density at radius 1 is 1.58 bits per heavy atom. The highest BCUT2D eigenvalue weighted by atomic mass is 16.5. The lowest BCUT2D eigenvalue weighted by molar-refractivity contribution is 0.141. The molecule has 1 N–H and O–H groups in total. The van der Waals surface area contributed by atoms with E-state index in [9.17, 15) is 4.79 Å². The normalized spacial score (nSPS) is 17.4. The zero-order valence-corrected chi connectivity index (χ0v) is 7.12. The smallest absolute Gasteiger partial charge is 0.407 e. The minimum atomic E-state index is -0.827. The van der Waals surface area contributed by atoms with Gasteiger partial charge in [-0.25, -0.2) is 4.79 Å². The molecule has 1 aliphatic rings. The average molecular weight is 171 g/mol. The Balaban J connectivity index is 2.39. The van der Waals surface area contributed by atoms with Gasteiger partial charge in [0.25, 0.3) is 0 Å². The maximum atomic E-state index is 10.5. The molecule has 0 radical (unpaired) electrons. The maximum absolute atomic E-state index is 10.5. The monoisotopic (exact) mass is 171 g/mol. The molecule has 4 heteroatoms. The first-order valence-electron chi connectivity index (χ1n) is 3.92. The van der Waals surface area contributed by atoms with Crippen LogP contribution in [0.4, 0.5) is 4.79 Å². The summed E-state index contributed by atoms with van der Waals surface area (Å²) in [7, 11) is 1.61. The van der Waals surface area contributed by atoms with E-state index in [4.69, 9.17) is 9.84 Å². The van der Waals surface area contributed by atoms with E-state index in [0.29, 0.717) is 13.1 Å². The summed E-state index contributed by atoms with van der Waals surface area (Å²) in [6, 6.07) is 0. The van der Waals surface area contributed by atoms with Crippen molar-refractivity contribution >= 4 is 6.09 Å². The average Bonchev–Trinajstić information content (AvgIpc) is 2.06. The van der Waals surface area contributed by atoms with E-state index in [0.717, 1.165) is 12.8 Å². The maximum Gasteiger partial charge on any atom is 0.407 e. The third-order valence-corrected chi connectivity index (χ3v) is 1.96. The predicted octanol–water partition coefficient (Wildman–Crippen LogP) is 1.29. The summed E-state index contributed by atoms with van der Waals surface area (Å²) in [6.45, 7) is 1.18. The highest BCUT2D eigenvalue weighted by Crippen LogP contribution is 2.15. The lowest BCUT2D eigenvalue weighted by Crippen LogP contribution is -2.35. The van der Waals surface area contributed by atoms with Crippen LogP contribution in [0.2, 0.25) is 0 Å². The van der Waals surface area contributed by atoms with Crippen molar-refractivity contribution in [3.8, 4) is 0 Å². The molecular weight excluding hydrogens is 158 g/mol. The van der Waals surface area contributed by atoms with E-state index >= 15 is 0 Å². The summed E-state index contributed by atoms with van der Waals surface area (Å²) in [5, 5.41) is 8.63. The molecule has 0 saturated carbocycles. The second-order valence-electron chi connectivity index (χ2n) is 2.78. The summed E-state index contributed by atoms with van der Waals surface area (Å²) in [4.78, 5) is 11.9. The van der Waals surface area contributed by atoms with Crippen molar-refractivity contribution in [2.24, 2.45) is 0 Å². The van der Waals surface area contributed by atoms with Crippen LogP contribution in [0.5, 0.6) is 0 Å². The number of hydrogen-bond acceptors (Lipinski definition) is 2. The van der Waals surface area contributed by atoms with Crippen molar-refractivity contribution in [2.75, 3.05) is 20.2 Å². The number of likely N-dealkylation sites (tertiary alicyclic amines) is 1. The molecule has 1 saturated heterocycles. The number of amides is 1. The summed E-state index contributed by atoms with van der Waals surface area (Å²) >= 11 is 0. The molecule has 1 heterocycles. The van der Waals surface area contributed by atoms with Gasteiger partial charge in [-0.2, -0.15) is 0 Å². The molecule has 4 nitrogen and oxygen atoms in total. The van der Waals surface area contributed by atoms with Crippen molar-refractivity contribution in [1.29, 1.82) is 0 Å². The van der Waals surface area contributed by atoms with Gasteiger partial charge in [0.2, 0.25) is 0 Å². The number of piperidine rings is 1. The molecule has 0 aromatic carbocycles. The van der Waals surface area contributed by atoms with Crippen molar-refractivity contribution in [2.45, 2.75) is 12.8 Å². The number of hydrogen-bond donors (Lipinski definition) is 1. The van der Waals surface area contributed by atoms with E-state index in [1.807, 2.05) is 0 Å². The van der Waals surface area contributed by atoms with Crippen LogP contribution in [0.15, 0.2) is 11.8 Å². The Bertz CT molecular complexity index is 190. The van der Waals surface area contributed by atoms with Crippen LogP contribution in [-0.4, -0.2) is 36.3 Å². The Hall–Kier alpha value is -1.19. The van der Waals surface area contributed by atoms with E-state index in [1.54, 1.807) is 13.4 Å². The van der Waals surface area contributed by atoms with E-state index in [1.165, 1.54) is 10.5 Å². The van der Waals surface area contributed by atoms with Gasteiger partial charge in [-0.1, -0.05) is 0 Å². The molecular formula is C8H13NO3. The van der Waals surface area contributed by atoms with Crippen molar-refractivity contribution in [3.63, 3.8) is 0 Å². The van der Waals surface area contributed by atoms with Gasteiger partial charge in [0.05, 0.1) is 13.4 Å². The minimum Gasteiger partial charge on any atom is -0.504 e. The molecule has 1 rings (SSSR count). The first kappa shape index (κ1) is 8.90. The molecule has 1 aliphatic heterocycles. The fourth-order valence-electron chi connectivity index (χ4n) is 1.27. The SMILES string of the molecule is COC=C1CCN(C(=O)O)CC1. The van der Waals surface area contributed by atoms with Gasteiger partial charge in [0.15, 0.2) is 0 Å². The molecule has 0 atom stereocenters. The second-order valence-corrected chi connectivity index (χ2v) is 2.78. The standard InChI is InChI=1S/C8H13NO3/c1-12-6-7-2-4-9(5-3-7)8(10)11/h6H,2-5H2,1H3,(H,10,11). The molecule has 1 amide bonds. The topological polar surface area (TPSA) is 49.8 Å². The fourth-order valence-corrected chi connectivity index (χ4v) is 1.27. The van der Waals surface area contributed by atoms with Crippen LogP contribution in [0.3, 0.4) is 0 Å². The number of nitrogens with zero attached hydrogens (tertiary/aromatic N) is 1. The molecule has 1 fully saturated rings. The van der Waals surface area contributed by atoms with Gasteiger partial charge in [-0.05, 0) is 18.4 Å². The van der Waals surface area contributed by atoms with Gasteiger partial charge in [0.1, 0.15) is 0 Å². The number of carboxylic acid groups (broad SMARTS) is 1. The molecule has 0 aliphatic carbocycles. The summed E-state index contributed by atoms with van der Waals surface area (Å²) < 4.78 is 4.85. The Morgan fingerprint density at radius 3 is 2.58 bits per heavy atom. The molecule has 0 unspecified atom stereocenters. The zero-order valence-electron chi connectivity index (χ0n) is 7.12. The van der Waals surface area contributed by atoms with Crippen LogP contribution >= 0.6 is 0 Å². The highest BCUT2D eigenvalue weighted by molar-refractivity contribution is 5.65. The van der Waals surface area contributed by atoms with Crippen LogP contribution < -0.4 is 0 Å². The molecule has 0 bridgehead atoms. The van der Waals surface area contributed by atoms with E-state index in [2.05, 4.69) is 0 Å². The molecule has 0 aromatic rings. The summed E-state index contributed by atoms with van der Waals surface area (Å²) in [5.41, 5.74) is 1.19. The van der Waals surface area contributed by atoms with Gasteiger partial charge in [-0.3, -0.25) is 0 Å². The van der Waals surface area contributed by atoms with Crippen LogP contribution in [-0.2, 0) is 4.74 Å². The van der Waals surface area contributed by atoms with E-state index in [-0.39, 0.29) is 0 Å². The number of carbonyl (C=O) groups is 1. The van der Waals surface area contributed by atoms with Crippen molar-refractivity contribution in [1.82, 2.24) is 4.90 Å². The van der Waals surface area contributed by atoms with Gasteiger partial charge >= 0.3 is 6.09 Å². The first-order chi connectivity index (χ1) is 5.74. The predicted molar refractivity (Wildman–Crippen MR) is 43.9 cm³/mol. The van der Waals surface area contributed by atoms with Crippen molar-refractivity contribution in [3.05, 3.63) is 11.8 Å². The lowest BCUT2D eigenvalue weighted by Gasteiger charge is -2.25. The Labute approximate surface area is 71.4 Å². The fraction of sp³-hybridized carbons (Fsp3) is 0.625. The third kappa shape index (κ3) is 2.15. The first-order valence-corrected chi connectivity index (χ1v) is 3.92. The largest absolute Gasteiger partial charge is 0.504 e. The highest BCUT2D eigenvalue weighted by Gasteiger charge is 2.17. The van der Waals surface area contributed by atoms with Gasteiger partial charge in [-0.15, -0.1) is 0 Å².